The van der Waals surface area contributed by atoms with E-state index in [1.807, 2.05) is 6.92 Å². The first-order chi connectivity index (χ1) is 8.54. The van der Waals surface area contributed by atoms with Crippen molar-refractivity contribution in [3.05, 3.63) is 0 Å². The largest absolute Gasteiger partial charge is 0.389 e. The summed E-state index contributed by atoms with van der Waals surface area (Å²) < 4.78 is 10.5. The van der Waals surface area contributed by atoms with Crippen LogP contribution in [-0.4, -0.2) is 50.2 Å². The summed E-state index contributed by atoms with van der Waals surface area (Å²) in [6.45, 7) is 8.09. The van der Waals surface area contributed by atoms with Gasteiger partial charge < -0.3 is 19.9 Å². The fourth-order valence-corrected chi connectivity index (χ4v) is 2.56. The summed E-state index contributed by atoms with van der Waals surface area (Å²) in [5.41, 5.74) is 0. The highest BCUT2D eigenvalue weighted by Gasteiger charge is 2.29. The summed E-state index contributed by atoms with van der Waals surface area (Å²) in [6, 6.07) is 0.547. The van der Waals surface area contributed by atoms with Crippen LogP contribution in [0.15, 0.2) is 0 Å². The topological polar surface area (TPSA) is 50.7 Å². The number of rotatable bonds is 8. The summed E-state index contributed by atoms with van der Waals surface area (Å²) >= 11 is 0. The molecule has 4 heteroatoms. The van der Waals surface area contributed by atoms with Crippen molar-refractivity contribution < 1.29 is 14.6 Å². The summed E-state index contributed by atoms with van der Waals surface area (Å²) in [6.07, 6.45) is 2.11. The zero-order chi connectivity index (χ0) is 13.5. The minimum absolute atomic E-state index is 0.0371. The molecule has 0 spiro atoms. The van der Waals surface area contributed by atoms with Gasteiger partial charge in [0.25, 0.3) is 0 Å². The highest BCUT2D eigenvalue weighted by molar-refractivity contribution is 4.85. The van der Waals surface area contributed by atoms with Gasteiger partial charge in [-0.1, -0.05) is 13.8 Å². The van der Waals surface area contributed by atoms with Crippen LogP contribution in [0.2, 0.25) is 0 Å². The number of ether oxygens (including phenoxy) is 2. The molecule has 1 saturated carbocycles. The predicted octanol–water partition coefficient (Wildman–Crippen LogP) is 1.42. The molecule has 4 nitrogen and oxygen atoms in total. The van der Waals surface area contributed by atoms with Gasteiger partial charge in [0.15, 0.2) is 0 Å². The molecule has 2 N–H and O–H groups in total. The van der Waals surface area contributed by atoms with Crippen LogP contribution >= 0.6 is 0 Å². The molecule has 0 aromatic carbocycles. The van der Waals surface area contributed by atoms with Gasteiger partial charge in [-0.25, -0.2) is 0 Å². The zero-order valence-electron chi connectivity index (χ0n) is 12.2. The number of aliphatic hydroxyl groups excluding tert-OH is 1. The molecule has 0 saturated heterocycles. The third kappa shape index (κ3) is 5.22. The second-order valence-electron chi connectivity index (χ2n) is 5.68. The van der Waals surface area contributed by atoms with E-state index in [4.69, 9.17) is 9.47 Å². The number of nitrogens with one attached hydrogen (secondary N) is 1. The predicted molar refractivity (Wildman–Crippen MR) is 72.6 cm³/mol. The molecule has 18 heavy (non-hydrogen) atoms. The molecular formula is C14H29NO3. The van der Waals surface area contributed by atoms with Crippen LogP contribution in [0.4, 0.5) is 0 Å². The second-order valence-corrected chi connectivity index (χ2v) is 5.68. The van der Waals surface area contributed by atoms with Gasteiger partial charge in [0, 0.05) is 19.7 Å². The van der Waals surface area contributed by atoms with Crippen LogP contribution in [0.1, 0.15) is 33.6 Å². The Hall–Kier alpha value is -0.160. The molecule has 0 amide bonds. The lowest BCUT2D eigenvalue weighted by Gasteiger charge is -2.22. The van der Waals surface area contributed by atoms with E-state index in [9.17, 15) is 5.11 Å². The third-order valence-electron chi connectivity index (χ3n) is 4.06. The van der Waals surface area contributed by atoms with Gasteiger partial charge >= 0.3 is 0 Å². The first-order valence-corrected chi connectivity index (χ1v) is 7.06. The zero-order valence-corrected chi connectivity index (χ0v) is 12.2. The lowest BCUT2D eigenvalue weighted by molar-refractivity contribution is -0.0318. The number of aliphatic hydroxyl groups is 1. The minimum Gasteiger partial charge on any atom is -0.389 e. The molecule has 0 aliphatic heterocycles. The Bertz CT molecular complexity index is 225. The quantitative estimate of drug-likeness (QED) is 0.692. The Morgan fingerprint density at radius 1 is 1.28 bits per heavy atom. The Kier molecular flexibility index (Phi) is 7.15. The van der Waals surface area contributed by atoms with Crippen LogP contribution in [0.3, 0.4) is 0 Å². The molecule has 1 fully saturated rings. The van der Waals surface area contributed by atoms with Crippen molar-refractivity contribution in [1.82, 2.24) is 5.32 Å². The summed E-state index contributed by atoms with van der Waals surface area (Å²) in [4.78, 5) is 0. The Morgan fingerprint density at radius 2 is 2.00 bits per heavy atom. The fraction of sp³-hybridized carbons (Fsp3) is 1.00. The number of hydrogen-bond acceptors (Lipinski definition) is 4. The molecule has 108 valence electrons. The molecule has 5 unspecified atom stereocenters. The lowest BCUT2D eigenvalue weighted by Crippen LogP contribution is -2.39. The first-order valence-electron chi connectivity index (χ1n) is 7.06. The number of methoxy groups -OCH3 is 1. The maximum absolute atomic E-state index is 9.85. The van der Waals surface area contributed by atoms with E-state index in [0.717, 1.165) is 5.92 Å². The average Bonchev–Trinajstić information content (AvgIpc) is 2.65. The van der Waals surface area contributed by atoms with Crippen molar-refractivity contribution in [2.24, 2.45) is 11.8 Å². The normalized spacial score (nSPS) is 31.5. The summed E-state index contributed by atoms with van der Waals surface area (Å²) in [5.74, 6) is 1.49. The van der Waals surface area contributed by atoms with Crippen LogP contribution < -0.4 is 5.32 Å². The maximum Gasteiger partial charge on any atom is 0.0897 e. The second kappa shape index (κ2) is 8.10. The van der Waals surface area contributed by atoms with Crippen LogP contribution in [0.25, 0.3) is 0 Å². The van der Waals surface area contributed by atoms with Crippen molar-refractivity contribution >= 4 is 0 Å². The van der Waals surface area contributed by atoms with E-state index in [2.05, 4.69) is 19.2 Å². The first kappa shape index (κ1) is 15.9. The lowest BCUT2D eigenvalue weighted by atomic mass is 9.98. The van der Waals surface area contributed by atoms with Crippen LogP contribution in [0.5, 0.6) is 0 Å². The Labute approximate surface area is 111 Å². The monoisotopic (exact) mass is 259 g/mol. The van der Waals surface area contributed by atoms with Crippen LogP contribution in [0, 0.1) is 11.8 Å². The van der Waals surface area contributed by atoms with E-state index >= 15 is 0 Å². The molecule has 1 aliphatic rings. The van der Waals surface area contributed by atoms with Gasteiger partial charge in [0.2, 0.25) is 0 Å². The molecule has 5 atom stereocenters. The van der Waals surface area contributed by atoms with Gasteiger partial charge in [0.1, 0.15) is 0 Å². The maximum atomic E-state index is 9.85. The molecule has 1 rings (SSSR count). The smallest absolute Gasteiger partial charge is 0.0897 e. The average molecular weight is 259 g/mol. The van der Waals surface area contributed by atoms with Crippen LogP contribution in [-0.2, 0) is 9.47 Å². The Balaban J connectivity index is 2.11. The molecule has 0 bridgehead atoms. The molecule has 0 aromatic rings. The Morgan fingerprint density at radius 3 is 2.56 bits per heavy atom. The van der Waals surface area contributed by atoms with E-state index in [0.29, 0.717) is 31.7 Å². The van der Waals surface area contributed by atoms with Gasteiger partial charge in [0.05, 0.1) is 25.4 Å². The summed E-state index contributed by atoms with van der Waals surface area (Å²) in [7, 11) is 1.65. The fourth-order valence-electron chi connectivity index (χ4n) is 2.56. The van der Waals surface area contributed by atoms with Gasteiger partial charge in [-0.15, -0.1) is 0 Å². The van der Waals surface area contributed by atoms with Crippen molar-refractivity contribution in [3.63, 3.8) is 0 Å². The van der Waals surface area contributed by atoms with Crippen molar-refractivity contribution in [1.29, 1.82) is 0 Å². The van der Waals surface area contributed by atoms with Crippen molar-refractivity contribution in [2.45, 2.75) is 51.9 Å². The standard InChI is InChI=1S/C14H29NO3/c1-10-5-6-14(12(10)3)15-7-13(16)9-18-11(2)8-17-4/h10-16H,5-9H2,1-4H3. The molecular weight excluding hydrogens is 230 g/mol. The molecule has 0 aromatic heterocycles. The molecule has 0 radical (unpaired) electrons. The number of hydrogen-bond donors (Lipinski definition) is 2. The van der Waals surface area contributed by atoms with Crippen molar-refractivity contribution in [2.75, 3.05) is 26.9 Å². The molecule has 1 aliphatic carbocycles. The molecule has 0 heterocycles. The van der Waals surface area contributed by atoms with E-state index in [1.54, 1.807) is 7.11 Å². The highest BCUT2D eigenvalue weighted by Crippen LogP contribution is 2.30. The SMILES string of the molecule is COCC(C)OCC(O)CNC1CCC(C)C1C. The summed E-state index contributed by atoms with van der Waals surface area (Å²) in [5, 5.41) is 13.3. The van der Waals surface area contributed by atoms with Gasteiger partial charge in [-0.05, 0) is 31.6 Å². The third-order valence-corrected chi connectivity index (χ3v) is 4.06. The minimum atomic E-state index is -0.438. The van der Waals surface area contributed by atoms with E-state index in [-0.39, 0.29) is 6.10 Å². The highest BCUT2D eigenvalue weighted by atomic mass is 16.5. The van der Waals surface area contributed by atoms with Gasteiger partial charge in [-0.3, -0.25) is 0 Å². The van der Waals surface area contributed by atoms with Gasteiger partial charge in [-0.2, -0.15) is 0 Å². The van der Waals surface area contributed by atoms with E-state index in [1.165, 1.54) is 12.8 Å². The van der Waals surface area contributed by atoms with Crippen molar-refractivity contribution in [3.8, 4) is 0 Å². The van der Waals surface area contributed by atoms with E-state index < -0.39 is 6.10 Å².